The molecule has 0 aliphatic carbocycles. The van der Waals surface area contributed by atoms with Gasteiger partial charge in [-0.05, 0) is 29.8 Å². The summed E-state index contributed by atoms with van der Waals surface area (Å²) in [6.45, 7) is 0.352. The molecule has 1 unspecified atom stereocenters. The van der Waals surface area contributed by atoms with Crippen LogP contribution in [0.3, 0.4) is 0 Å². The predicted octanol–water partition coefficient (Wildman–Crippen LogP) is 2.87. The van der Waals surface area contributed by atoms with E-state index in [1.807, 2.05) is 36.4 Å². The van der Waals surface area contributed by atoms with E-state index in [-0.39, 0.29) is 5.91 Å². The number of hydrogen-bond donors (Lipinski definition) is 1. The van der Waals surface area contributed by atoms with Crippen molar-refractivity contribution in [1.82, 2.24) is 0 Å². The highest BCUT2D eigenvalue weighted by Crippen LogP contribution is 2.37. The van der Waals surface area contributed by atoms with Gasteiger partial charge in [-0.1, -0.05) is 34.1 Å². The Balaban J connectivity index is 2.01. The Labute approximate surface area is 130 Å². The van der Waals surface area contributed by atoms with Crippen LogP contribution in [0.4, 0.5) is 5.69 Å². The maximum atomic E-state index is 12.4. The number of benzene rings is 2. The lowest BCUT2D eigenvalue weighted by Crippen LogP contribution is -2.31. The predicted molar refractivity (Wildman–Crippen MR) is 83.4 cm³/mol. The van der Waals surface area contributed by atoms with Crippen LogP contribution in [0.1, 0.15) is 22.7 Å². The van der Waals surface area contributed by atoms with Gasteiger partial charge in [0.15, 0.2) is 0 Å². The summed E-state index contributed by atoms with van der Waals surface area (Å²) >= 11 is 3.39. The minimum Gasteiger partial charge on any atom is -0.316 e. The van der Waals surface area contributed by atoms with Gasteiger partial charge in [0, 0.05) is 15.7 Å². The highest BCUT2D eigenvalue weighted by atomic mass is 79.9. The molecule has 1 aliphatic heterocycles. The molecule has 0 bridgehead atoms. The SMILES string of the molecule is N#Cc1ccccc1CN1C(=O)C(N)c2cc(Br)ccc21. The fourth-order valence-electron chi connectivity index (χ4n) is 2.54. The Kier molecular flexibility index (Phi) is 3.50. The first kappa shape index (κ1) is 13.8. The number of nitrogens with zero attached hydrogens (tertiary/aromatic N) is 2. The zero-order chi connectivity index (χ0) is 15.0. The van der Waals surface area contributed by atoms with Crippen molar-refractivity contribution in [3.05, 3.63) is 63.6 Å². The Hall–Kier alpha value is -2.16. The molecule has 0 saturated heterocycles. The average Bonchev–Trinajstić information content (AvgIpc) is 2.73. The first-order chi connectivity index (χ1) is 10.1. The maximum Gasteiger partial charge on any atom is 0.248 e. The van der Waals surface area contributed by atoms with E-state index in [0.717, 1.165) is 21.3 Å². The van der Waals surface area contributed by atoms with Crippen LogP contribution in [-0.4, -0.2) is 5.91 Å². The highest BCUT2D eigenvalue weighted by molar-refractivity contribution is 9.10. The molecule has 1 aliphatic rings. The van der Waals surface area contributed by atoms with Crippen molar-refractivity contribution in [3.63, 3.8) is 0 Å². The number of hydrogen-bond acceptors (Lipinski definition) is 3. The van der Waals surface area contributed by atoms with Crippen molar-refractivity contribution < 1.29 is 4.79 Å². The van der Waals surface area contributed by atoms with Crippen LogP contribution in [0, 0.1) is 11.3 Å². The van der Waals surface area contributed by atoms with Gasteiger partial charge in [-0.25, -0.2) is 0 Å². The molecule has 2 N–H and O–H groups in total. The number of halogens is 1. The number of carbonyl (C=O) groups excluding carboxylic acids is 1. The maximum absolute atomic E-state index is 12.4. The normalized spacial score (nSPS) is 16.7. The Bertz CT molecular complexity index is 766. The number of anilines is 1. The van der Waals surface area contributed by atoms with E-state index in [1.165, 1.54) is 0 Å². The summed E-state index contributed by atoms with van der Waals surface area (Å²) in [5.41, 5.74) is 9.00. The topological polar surface area (TPSA) is 70.1 Å². The molecule has 5 heteroatoms. The van der Waals surface area contributed by atoms with Gasteiger partial charge in [0.05, 0.1) is 18.2 Å². The van der Waals surface area contributed by atoms with Gasteiger partial charge in [-0.3, -0.25) is 4.79 Å². The summed E-state index contributed by atoms with van der Waals surface area (Å²) < 4.78 is 0.892. The first-order valence-electron chi connectivity index (χ1n) is 6.46. The van der Waals surface area contributed by atoms with Crippen molar-refractivity contribution in [1.29, 1.82) is 5.26 Å². The number of nitriles is 1. The molecule has 0 fully saturated rings. The second-order valence-electron chi connectivity index (χ2n) is 4.87. The van der Waals surface area contributed by atoms with E-state index in [9.17, 15) is 4.79 Å². The molecular weight excluding hydrogens is 330 g/mol. The number of rotatable bonds is 2. The lowest BCUT2D eigenvalue weighted by Gasteiger charge is -2.18. The van der Waals surface area contributed by atoms with Crippen molar-refractivity contribution in [2.75, 3.05) is 4.90 Å². The average molecular weight is 342 g/mol. The van der Waals surface area contributed by atoms with Gasteiger partial charge in [0.1, 0.15) is 6.04 Å². The van der Waals surface area contributed by atoms with E-state index in [4.69, 9.17) is 11.0 Å². The molecule has 1 atom stereocenters. The summed E-state index contributed by atoms with van der Waals surface area (Å²) in [7, 11) is 0. The van der Waals surface area contributed by atoms with Gasteiger partial charge in [0.2, 0.25) is 5.91 Å². The lowest BCUT2D eigenvalue weighted by atomic mass is 10.1. The molecule has 0 spiro atoms. The molecule has 104 valence electrons. The molecular formula is C16H12BrN3O. The summed E-state index contributed by atoms with van der Waals surface area (Å²) in [4.78, 5) is 14.0. The largest absolute Gasteiger partial charge is 0.316 e. The van der Waals surface area contributed by atoms with Crippen LogP contribution in [-0.2, 0) is 11.3 Å². The van der Waals surface area contributed by atoms with Crippen LogP contribution in [0.5, 0.6) is 0 Å². The molecule has 0 radical (unpaired) electrons. The number of carbonyl (C=O) groups is 1. The monoisotopic (exact) mass is 341 g/mol. The Morgan fingerprint density at radius 1 is 1.29 bits per heavy atom. The standard InChI is InChI=1S/C16H12BrN3O/c17-12-5-6-14-13(7-12)15(19)16(21)20(14)9-11-4-2-1-3-10(11)8-18/h1-7,15H,9,19H2. The van der Waals surface area contributed by atoms with Crippen molar-refractivity contribution in [2.24, 2.45) is 5.73 Å². The van der Waals surface area contributed by atoms with Gasteiger partial charge in [-0.15, -0.1) is 0 Å². The fourth-order valence-corrected chi connectivity index (χ4v) is 2.92. The zero-order valence-corrected chi connectivity index (χ0v) is 12.7. The quantitative estimate of drug-likeness (QED) is 0.912. The third kappa shape index (κ3) is 2.33. The van der Waals surface area contributed by atoms with Gasteiger partial charge in [0.25, 0.3) is 0 Å². The van der Waals surface area contributed by atoms with E-state index in [1.54, 1.807) is 11.0 Å². The molecule has 21 heavy (non-hydrogen) atoms. The highest BCUT2D eigenvalue weighted by Gasteiger charge is 2.35. The number of nitrogens with two attached hydrogens (primary N) is 1. The summed E-state index contributed by atoms with van der Waals surface area (Å²) in [6.07, 6.45) is 0. The van der Waals surface area contributed by atoms with Gasteiger partial charge < -0.3 is 10.6 Å². The molecule has 2 aromatic carbocycles. The second-order valence-corrected chi connectivity index (χ2v) is 5.79. The third-order valence-electron chi connectivity index (χ3n) is 3.61. The van der Waals surface area contributed by atoms with Crippen molar-refractivity contribution >= 4 is 27.5 Å². The minimum atomic E-state index is -0.647. The molecule has 0 aromatic heterocycles. The van der Waals surface area contributed by atoms with Crippen LogP contribution in [0.15, 0.2) is 46.9 Å². The Morgan fingerprint density at radius 3 is 2.81 bits per heavy atom. The summed E-state index contributed by atoms with van der Waals surface area (Å²) in [5.74, 6) is -0.143. The van der Waals surface area contributed by atoms with Crippen molar-refractivity contribution in [2.45, 2.75) is 12.6 Å². The minimum absolute atomic E-state index is 0.143. The molecule has 4 nitrogen and oxygen atoms in total. The van der Waals surface area contributed by atoms with E-state index in [0.29, 0.717) is 12.1 Å². The Morgan fingerprint density at radius 2 is 2.05 bits per heavy atom. The summed E-state index contributed by atoms with van der Waals surface area (Å²) in [6, 6.07) is 14.4. The van der Waals surface area contributed by atoms with E-state index in [2.05, 4.69) is 22.0 Å². The second kappa shape index (κ2) is 5.32. The lowest BCUT2D eigenvalue weighted by molar-refractivity contribution is -0.119. The van der Waals surface area contributed by atoms with E-state index < -0.39 is 6.04 Å². The van der Waals surface area contributed by atoms with Crippen LogP contribution < -0.4 is 10.6 Å². The summed E-state index contributed by atoms with van der Waals surface area (Å²) in [5, 5.41) is 9.16. The third-order valence-corrected chi connectivity index (χ3v) is 4.11. The van der Waals surface area contributed by atoms with Crippen LogP contribution in [0.25, 0.3) is 0 Å². The number of amides is 1. The molecule has 2 aromatic rings. The smallest absolute Gasteiger partial charge is 0.248 e. The van der Waals surface area contributed by atoms with Gasteiger partial charge >= 0.3 is 0 Å². The van der Waals surface area contributed by atoms with Gasteiger partial charge in [-0.2, -0.15) is 5.26 Å². The first-order valence-corrected chi connectivity index (χ1v) is 7.25. The molecule has 3 rings (SSSR count). The fraction of sp³-hybridized carbons (Fsp3) is 0.125. The number of fused-ring (bicyclic) bond motifs is 1. The van der Waals surface area contributed by atoms with Crippen LogP contribution in [0.2, 0.25) is 0 Å². The van der Waals surface area contributed by atoms with Crippen LogP contribution >= 0.6 is 15.9 Å². The van der Waals surface area contributed by atoms with E-state index >= 15 is 0 Å². The molecule has 1 amide bonds. The van der Waals surface area contributed by atoms with Crippen molar-refractivity contribution in [3.8, 4) is 6.07 Å². The molecule has 1 heterocycles. The molecule has 0 saturated carbocycles. The zero-order valence-electron chi connectivity index (χ0n) is 11.1.